The molecule has 3 aromatic rings. The summed E-state index contributed by atoms with van der Waals surface area (Å²) < 4.78 is 1.69. The van der Waals surface area contributed by atoms with Crippen LogP contribution in [-0.4, -0.2) is 20.9 Å². The van der Waals surface area contributed by atoms with Gasteiger partial charge in [-0.05, 0) is 30.2 Å². The van der Waals surface area contributed by atoms with Crippen molar-refractivity contribution in [2.24, 2.45) is 0 Å². The van der Waals surface area contributed by atoms with Gasteiger partial charge in [-0.2, -0.15) is 5.10 Å². The van der Waals surface area contributed by atoms with E-state index in [4.69, 9.17) is 11.6 Å². The molecule has 126 valence electrons. The lowest BCUT2D eigenvalue weighted by molar-refractivity contribution is -0.130. The van der Waals surface area contributed by atoms with Crippen molar-refractivity contribution in [1.82, 2.24) is 9.78 Å². The van der Waals surface area contributed by atoms with Crippen LogP contribution in [-0.2, 0) is 4.79 Å². The molecule has 3 rings (SSSR count). The minimum absolute atomic E-state index is 0.252. The first-order chi connectivity index (χ1) is 12.1. The van der Waals surface area contributed by atoms with Gasteiger partial charge in [-0.1, -0.05) is 61.0 Å². The molecule has 25 heavy (non-hydrogen) atoms. The number of hydrogen-bond donors (Lipinski definition) is 1. The van der Waals surface area contributed by atoms with Crippen LogP contribution in [0.4, 0.5) is 0 Å². The van der Waals surface area contributed by atoms with Gasteiger partial charge in [0.15, 0.2) is 0 Å². The number of aliphatic carboxylic acids is 1. The molecule has 0 aliphatic rings. The topological polar surface area (TPSA) is 55.1 Å². The smallest absolute Gasteiger partial charge is 0.338 e. The molecule has 1 heterocycles. The van der Waals surface area contributed by atoms with Crippen molar-refractivity contribution in [3.8, 4) is 11.3 Å². The van der Waals surface area contributed by atoms with Crippen LogP contribution in [0.5, 0.6) is 0 Å². The average Bonchev–Trinajstić information content (AvgIpc) is 3.10. The first-order valence-corrected chi connectivity index (χ1v) is 8.31. The maximum Gasteiger partial charge on any atom is 0.338 e. The molecule has 4 nitrogen and oxygen atoms in total. The number of aromatic nitrogens is 2. The number of carbonyl (C=O) groups is 1. The number of halogens is 1. The van der Waals surface area contributed by atoms with Gasteiger partial charge in [0.1, 0.15) is 0 Å². The highest BCUT2D eigenvalue weighted by Gasteiger charge is 2.19. The van der Waals surface area contributed by atoms with Crippen LogP contribution in [0.2, 0.25) is 5.02 Å². The van der Waals surface area contributed by atoms with Crippen molar-refractivity contribution >= 4 is 28.8 Å². The Morgan fingerprint density at radius 3 is 2.36 bits per heavy atom. The highest BCUT2D eigenvalue weighted by Crippen LogP contribution is 2.29. The molecule has 0 unspecified atom stereocenters. The molecule has 1 aromatic heterocycles. The second kappa shape index (κ2) is 7.36. The van der Waals surface area contributed by atoms with Crippen LogP contribution in [0.1, 0.15) is 18.9 Å². The predicted octanol–water partition coefficient (Wildman–Crippen LogP) is 5.07. The van der Waals surface area contributed by atoms with Crippen LogP contribution >= 0.6 is 11.6 Å². The quantitative estimate of drug-likeness (QED) is 0.652. The van der Waals surface area contributed by atoms with E-state index in [1.807, 2.05) is 43.3 Å². The van der Waals surface area contributed by atoms with Gasteiger partial charge in [0, 0.05) is 10.6 Å². The molecule has 1 N–H and O–H groups in total. The minimum Gasteiger partial charge on any atom is -0.478 e. The Kier molecular flexibility index (Phi) is 5.00. The van der Waals surface area contributed by atoms with E-state index in [1.165, 1.54) is 0 Å². The van der Waals surface area contributed by atoms with E-state index in [2.05, 4.69) is 5.10 Å². The largest absolute Gasteiger partial charge is 0.478 e. The van der Waals surface area contributed by atoms with Gasteiger partial charge in [-0.3, -0.25) is 0 Å². The lowest BCUT2D eigenvalue weighted by Gasteiger charge is -2.15. The van der Waals surface area contributed by atoms with Gasteiger partial charge in [-0.25, -0.2) is 9.48 Å². The van der Waals surface area contributed by atoms with E-state index in [0.29, 0.717) is 22.7 Å². The van der Waals surface area contributed by atoms with Crippen molar-refractivity contribution in [3.63, 3.8) is 0 Å². The number of nitrogens with zero attached hydrogens (tertiary/aromatic N) is 2. The van der Waals surface area contributed by atoms with E-state index in [1.54, 1.807) is 35.1 Å². The second-order valence-electron chi connectivity index (χ2n) is 5.48. The molecule has 0 atom stereocenters. The summed E-state index contributed by atoms with van der Waals surface area (Å²) >= 11 is 5.97. The number of carboxylic acid groups (broad SMARTS) is 1. The van der Waals surface area contributed by atoms with Crippen LogP contribution < -0.4 is 0 Å². The van der Waals surface area contributed by atoms with E-state index in [9.17, 15) is 9.90 Å². The maximum absolute atomic E-state index is 12.0. The van der Waals surface area contributed by atoms with E-state index in [-0.39, 0.29) is 5.57 Å². The average molecular weight is 353 g/mol. The SMILES string of the molecule is CCC(=C(C(=O)O)c1ccccc1)n1nccc1-c1ccc(Cl)cc1. The normalized spacial score (nSPS) is 11.9. The zero-order valence-corrected chi connectivity index (χ0v) is 14.4. The summed E-state index contributed by atoms with van der Waals surface area (Å²) in [5.74, 6) is -0.972. The Balaban J connectivity index is 2.20. The summed E-state index contributed by atoms with van der Waals surface area (Å²) in [6, 6.07) is 18.4. The monoisotopic (exact) mass is 352 g/mol. The van der Waals surface area contributed by atoms with Crippen LogP contribution in [0.3, 0.4) is 0 Å². The fraction of sp³-hybridized carbons (Fsp3) is 0.100. The lowest BCUT2D eigenvalue weighted by Crippen LogP contribution is -2.10. The molecule has 0 radical (unpaired) electrons. The van der Waals surface area contributed by atoms with Gasteiger partial charge in [0.2, 0.25) is 0 Å². The molecule has 0 bridgehead atoms. The Labute approximate surface area is 151 Å². The minimum atomic E-state index is -0.972. The van der Waals surface area contributed by atoms with Gasteiger partial charge in [0.05, 0.1) is 23.2 Å². The number of carboxylic acids is 1. The Morgan fingerprint density at radius 1 is 1.08 bits per heavy atom. The van der Waals surface area contributed by atoms with Crippen molar-refractivity contribution < 1.29 is 9.90 Å². The van der Waals surface area contributed by atoms with Crippen molar-refractivity contribution in [3.05, 3.63) is 77.4 Å². The summed E-state index contributed by atoms with van der Waals surface area (Å²) in [5.41, 5.74) is 3.29. The molecule has 0 fully saturated rings. The van der Waals surface area contributed by atoms with Gasteiger partial charge in [-0.15, -0.1) is 0 Å². The third-order valence-corrected chi connectivity index (χ3v) is 4.19. The van der Waals surface area contributed by atoms with Gasteiger partial charge >= 0.3 is 5.97 Å². The number of benzene rings is 2. The molecule has 0 amide bonds. The first-order valence-electron chi connectivity index (χ1n) is 7.94. The molecule has 0 aliphatic heterocycles. The zero-order valence-electron chi connectivity index (χ0n) is 13.7. The number of rotatable bonds is 5. The summed E-state index contributed by atoms with van der Waals surface area (Å²) in [5, 5.41) is 14.8. The summed E-state index contributed by atoms with van der Waals surface area (Å²) in [6.45, 7) is 1.93. The Morgan fingerprint density at radius 2 is 1.76 bits per heavy atom. The van der Waals surface area contributed by atoms with Crippen LogP contribution in [0.25, 0.3) is 22.5 Å². The molecular weight excluding hydrogens is 336 g/mol. The van der Waals surface area contributed by atoms with Crippen molar-refractivity contribution in [1.29, 1.82) is 0 Å². The van der Waals surface area contributed by atoms with Gasteiger partial charge in [0.25, 0.3) is 0 Å². The summed E-state index contributed by atoms with van der Waals surface area (Å²) in [7, 11) is 0. The summed E-state index contributed by atoms with van der Waals surface area (Å²) in [4.78, 5) is 12.0. The standard InChI is InChI=1S/C20H17ClN2O2/c1-2-17(19(20(24)25)15-6-4-3-5-7-15)23-18(12-13-22-23)14-8-10-16(21)11-9-14/h3-13H,2H2,1H3,(H,24,25). The molecule has 0 saturated carbocycles. The van der Waals surface area contributed by atoms with Crippen molar-refractivity contribution in [2.45, 2.75) is 13.3 Å². The maximum atomic E-state index is 12.0. The van der Waals surface area contributed by atoms with Crippen LogP contribution in [0.15, 0.2) is 66.9 Å². The number of allylic oxidation sites excluding steroid dienone is 1. The highest BCUT2D eigenvalue weighted by molar-refractivity contribution is 6.30. The number of hydrogen-bond acceptors (Lipinski definition) is 2. The molecule has 0 saturated heterocycles. The molecule has 0 aliphatic carbocycles. The van der Waals surface area contributed by atoms with E-state index < -0.39 is 5.97 Å². The Bertz CT molecular complexity index is 912. The second-order valence-corrected chi connectivity index (χ2v) is 5.92. The fourth-order valence-electron chi connectivity index (χ4n) is 2.81. The molecule has 5 heteroatoms. The molecule has 0 spiro atoms. The third-order valence-electron chi connectivity index (χ3n) is 3.94. The molecule has 2 aromatic carbocycles. The fourth-order valence-corrected chi connectivity index (χ4v) is 2.93. The Hall–Kier alpha value is -2.85. The van der Waals surface area contributed by atoms with Crippen LogP contribution in [0, 0.1) is 0 Å². The highest BCUT2D eigenvalue weighted by atomic mass is 35.5. The van der Waals surface area contributed by atoms with E-state index >= 15 is 0 Å². The zero-order chi connectivity index (χ0) is 17.8. The third kappa shape index (κ3) is 3.49. The first kappa shape index (κ1) is 17.0. The summed E-state index contributed by atoms with van der Waals surface area (Å²) in [6.07, 6.45) is 2.20. The van der Waals surface area contributed by atoms with Crippen molar-refractivity contribution in [2.75, 3.05) is 0 Å². The predicted molar refractivity (Wildman–Crippen MR) is 100 cm³/mol. The molecular formula is C20H17ClN2O2. The van der Waals surface area contributed by atoms with Gasteiger partial charge < -0.3 is 5.11 Å². The lowest BCUT2D eigenvalue weighted by atomic mass is 10.0. The van der Waals surface area contributed by atoms with E-state index in [0.717, 1.165) is 11.3 Å².